The second kappa shape index (κ2) is 13.1. The number of ether oxygens (including phenoxy) is 2. The summed E-state index contributed by atoms with van der Waals surface area (Å²) in [6, 6.07) is 22.4. The predicted molar refractivity (Wildman–Crippen MR) is 181 cm³/mol. The molecule has 0 aliphatic carbocycles. The number of anilines is 1. The smallest absolute Gasteiger partial charge is 0.282 e. The molecule has 1 aromatic heterocycles. The van der Waals surface area contributed by atoms with Gasteiger partial charge in [0, 0.05) is 52.6 Å². The molecule has 0 N–H and O–H groups in total. The molecular formula is C35H34Cl2N4O3. The molecule has 0 amide bonds. The maximum Gasteiger partial charge on any atom is 0.282 e. The third-order valence-electron chi connectivity index (χ3n) is 7.42. The molecule has 0 unspecified atom stereocenters. The minimum Gasteiger partial charge on any atom is -0.496 e. The molecule has 4 aromatic carbocycles. The van der Waals surface area contributed by atoms with Crippen LogP contribution >= 0.6 is 23.2 Å². The van der Waals surface area contributed by atoms with Crippen molar-refractivity contribution >= 4 is 46.0 Å². The van der Waals surface area contributed by atoms with Gasteiger partial charge in [-0.1, -0.05) is 55.2 Å². The van der Waals surface area contributed by atoms with Crippen molar-refractivity contribution in [2.24, 2.45) is 5.10 Å². The molecule has 0 spiro atoms. The fourth-order valence-corrected chi connectivity index (χ4v) is 5.38. The first-order valence-corrected chi connectivity index (χ1v) is 15.0. The van der Waals surface area contributed by atoms with Crippen LogP contribution < -0.4 is 19.9 Å². The molecule has 226 valence electrons. The van der Waals surface area contributed by atoms with Gasteiger partial charge in [-0.05, 0) is 72.5 Å². The SMILES string of the molecule is COc1cc(C)c(-c2nc3ccccc3c(=O)n2N=Cc2ccc(N(C)C)cc2OCc2ccc(Cl)cc2Cl)cc1C(C)C. The number of methoxy groups -OCH3 is 1. The van der Waals surface area contributed by atoms with E-state index >= 15 is 0 Å². The molecule has 44 heavy (non-hydrogen) atoms. The van der Waals surface area contributed by atoms with Crippen LogP contribution in [-0.2, 0) is 6.61 Å². The zero-order valence-corrected chi connectivity index (χ0v) is 27.1. The number of fused-ring (bicyclic) bond motifs is 1. The Morgan fingerprint density at radius 3 is 2.48 bits per heavy atom. The van der Waals surface area contributed by atoms with E-state index in [1.54, 1.807) is 31.5 Å². The Morgan fingerprint density at radius 1 is 1.00 bits per heavy atom. The zero-order valence-electron chi connectivity index (χ0n) is 25.6. The Labute approximate surface area is 267 Å². The van der Waals surface area contributed by atoms with Crippen molar-refractivity contribution in [3.05, 3.63) is 115 Å². The number of nitrogens with zero attached hydrogens (tertiary/aromatic N) is 4. The van der Waals surface area contributed by atoms with Crippen LogP contribution in [0, 0.1) is 6.92 Å². The monoisotopic (exact) mass is 628 g/mol. The quantitative estimate of drug-likeness (QED) is 0.153. The van der Waals surface area contributed by atoms with E-state index in [0.717, 1.165) is 33.7 Å². The van der Waals surface area contributed by atoms with Crippen molar-refractivity contribution in [3.8, 4) is 22.9 Å². The number of aryl methyl sites for hydroxylation is 1. The van der Waals surface area contributed by atoms with Gasteiger partial charge in [0.15, 0.2) is 5.82 Å². The molecule has 5 rings (SSSR count). The molecule has 0 fully saturated rings. The van der Waals surface area contributed by atoms with Crippen molar-refractivity contribution in [2.75, 3.05) is 26.1 Å². The molecule has 5 aromatic rings. The number of para-hydroxylation sites is 1. The van der Waals surface area contributed by atoms with Crippen LogP contribution in [0.5, 0.6) is 11.5 Å². The Balaban J connectivity index is 1.64. The normalized spacial score (nSPS) is 11.5. The molecule has 0 saturated carbocycles. The Kier molecular flexibility index (Phi) is 9.28. The van der Waals surface area contributed by atoms with Gasteiger partial charge >= 0.3 is 0 Å². The van der Waals surface area contributed by atoms with Gasteiger partial charge in [-0.15, -0.1) is 0 Å². The maximum absolute atomic E-state index is 13.9. The summed E-state index contributed by atoms with van der Waals surface area (Å²) in [4.78, 5) is 20.8. The minimum absolute atomic E-state index is 0.192. The van der Waals surface area contributed by atoms with E-state index in [9.17, 15) is 4.79 Å². The Bertz CT molecular complexity index is 1930. The lowest BCUT2D eigenvalue weighted by Gasteiger charge is -2.18. The highest BCUT2D eigenvalue weighted by atomic mass is 35.5. The van der Waals surface area contributed by atoms with E-state index in [4.69, 9.17) is 42.8 Å². The number of halogens is 2. The highest BCUT2D eigenvalue weighted by Gasteiger charge is 2.19. The van der Waals surface area contributed by atoms with Crippen LogP contribution in [0.3, 0.4) is 0 Å². The van der Waals surface area contributed by atoms with Crippen LogP contribution in [0.15, 0.2) is 82.7 Å². The maximum atomic E-state index is 13.9. The number of benzene rings is 4. The Hall–Kier alpha value is -4.33. The lowest BCUT2D eigenvalue weighted by molar-refractivity contribution is 0.306. The molecule has 9 heteroatoms. The van der Waals surface area contributed by atoms with Crippen molar-refractivity contribution in [1.82, 2.24) is 9.66 Å². The largest absolute Gasteiger partial charge is 0.496 e. The van der Waals surface area contributed by atoms with Crippen molar-refractivity contribution < 1.29 is 9.47 Å². The summed E-state index contributed by atoms with van der Waals surface area (Å²) in [6.07, 6.45) is 1.63. The molecule has 0 aliphatic rings. The van der Waals surface area contributed by atoms with Gasteiger partial charge in [-0.3, -0.25) is 4.79 Å². The summed E-state index contributed by atoms with van der Waals surface area (Å²) >= 11 is 12.5. The van der Waals surface area contributed by atoms with E-state index in [1.165, 1.54) is 4.68 Å². The molecule has 0 radical (unpaired) electrons. The molecular weight excluding hydrogens is 595 g/mol. The number of aromatic nitrogens is 2. The van der Waals surface area contributed by atoms with Gasteiger partial charge < -0.3 is 14.4 Å². The first kappa shape index (κ1) is 31.1. The first-order chi connectivity index (χ1) is 21.1. The lowest BCUT2D eigenvalue weighted by atomic mass is 9.96. The predicted octanol–water partition coefficient (Wildman–Crippen LogP) is 8.34. The van der Waals surface area contributed by atoms with Gasteiger partial charge in [0.2, 0.25) is 0 Å². The summed E-state index contributed by atoms with van der Waals surface area (Å²) in [7, 11) is 5.58. The number of rotatable bonds is 9. The third kappa shape index (κ3) is 6.44. The summed E-state index contributed by atoms with van der Waals surface area (Å²) < 4.78 is 13.3. The van der Waals surface area contributed by atoms with Crippen LogP contribution in [-0.4, -0.2) is 37.1 Å². The van der Waals surface area contributed by atoms with E-state index in [-0.39, 0.29) is 18.1 Å². The van der Waals surface area contributed by atoms with Crippen LogP contribution in [0.4, 0.5) is 5.69 Å². The van der Waals surface area contributed by atoms with Gasteiger partial charge in [-0.25, -0.2) is 4.98 Å². The van der Waals surface area contributed by atoms with E-state index in [2.05, 4.69) is 13.8 Å². The van der Waals surface area contributed by atoms with Crippen molar-refractivity contribution in [2.45, 2.75) is 33.3 Å². The third-order valence-corrected chi connectivity index (χ3v) is 8.00. The first-order valence-electron chi connectivity index (χ1n) is 14.2. The van der Waals surface area contributed by atoms with Gasteiger partial charge in [0.05, 0.1) is 24.2 Å². The highest BCUT2D eigenvalue weighted by molar-refractivity contribution is 6.35. The highest BCUT2D eigenvalue weighted by Crippen LogP contribution is 2.34. The van der Waals surface area contributed by atoms with E-state index in [0.29, 0.717) is 38.1 Å². The molecule has 0 aliphatic heterocycles. The standard InChI is InChI=1S/C35H34Cl2N4O3/c1-21(2)28-18-29(22(3)15-33(28)43-6)34-39-31-10-8-7-9-27(31)35(42)41(34)38-19-23-12-14-26(40(4)5)17-32(23)44-20-24-11-13-25(36)16-30(24)37/h7-19,21H,20H2,1-6H3. The second-order valence-corrected chi connectivity index (χ2v) is 11.9. The van der Waals surface area contributed by atoms with Gasteiger partial charge in [0.1, 0.15) is 18.1 Å². The summed E-state index contributed by atoms with van der Waals surface area (Å²) in [5, 5.41) is 6.27. The van der Waals surface area contributed by atoms with E-state index < -0.39 is 0 Å². The summed E-state index contributed by atoms with van der Waals surface area (Å²) in [5.74, 6) is 2.00. The molecule has 0 atom stereocenters. The zero-order chi connectivity index (χ0) is 31.5. The topological polar surface area (TPSA) is 69.0 Å². The van der Waals surface area contributed by atoms with Crippen LogP contribution in [0.2, 0.25) is 10.0 Å². The Morgan fingerprint density at radius 2 is 1.77 bits per heavy atom. The van der Waals surface area contributed by atoms with Gasteiger partial charge in [-0.2, -0.15) is 9.78 Å². The van der Waals surface area contributed by atoms with Crippen LogP contribution in [0.1, 0.15) is 42.0 Å². The van der Waals surface area contributed by atoms with Crippen molar-refractivity contribution in [1.29, 1.82) is 0 Å². The average molecular weight is 630 g/mol. The number of hydrogen-bond acceptors (Lipinski definition) is 6. The number of hydrogen-bond donors (Lipinski definition) is 0. The fraction of sp³-hybridized carbons (Fsp3) is 0.229. The average Bonchev–Trinajstić information content (AvgIpc) is 3.00. The van der Waals surface area contributed by atoms with Gasteiger partial charge in [0.25, 0.3) is 5.56 Å². The molecule has 0 saturated heterocycles. The fourth-order valence-electron chi connectivity index (χ4n) is 4.92. The van der Waals surface area contributed by atoms with E-state index in [1.807, 2.05) is 80.5 Å². The molecule has 1 heterocycles. The molecule has 7 nitrogen and oxygen atoms in total. The summed E-state index contributed by atoms with van der Waals surface area (Å²) in [6.45, 7) is 6.41. The second-order valence-electron chi connectivity index (χ2n) is 11.0. The molecule has 0 bridgehead atoms. The van der Waals surface area contributed by atoms with Crippen LogP contribution in [0.25, 0.3) is 22.3 Å². The minimum atomic E-state index is -0.275. The summed E-state index contributed by atoms with van der Waals surface area (Å²) in [5.41, 5.74) is 5.47. The lowest BCUT2D eigenvalue weighted by Crippen LogP contribution is -2.21. The van der Waals surface area contributed by atoms with Crippen molar-refractivity contribution in [3.63, 3.8) is 0 Å².